The number of likely N-dealkylation sites (tertiary alicyclic amines) is 1. The first-order chi connectivity index (χ1) is 13.0. The van der Waals surface area contributed by atoms with Gasteiger partial charge in [0.05, 0.1) is 5.92 Å². The highest BCUT2D eigenvalue weighted by atomic mass is 16.2. The van der Waals surface area contributed by atoms with E-state index in [0.29, 0.717) is 19.6 Å². The van der Waals surface area contributed by atoms with E-state index < -0.39 is 0 Å². The van der Waals surface area contributed by atoms with E-state index in [2.05, 4.69) is 16.7 Å². The van der Waals surface area contributed by atoms with Crippen LogP contribution >= 0.6 is 0 Å². The maximum Gasteiger partial charge on any atom is 0.317 e. The number of rotatable bonds is 4. The Labute approximate surface area is 160 Å². The topological polar surface area (TPSA) is 61.4 Å². The summed E-state index contributed by atoms with van der Waals surface area (Å²) in [5.41, 5.74) is 4.13. The van der Waals surface area contributed by atoms with Gasteiger partial charge >= 0.3 is 6.03 Å². The molecule has 0 saturated carbocycles. The maximum absolute atomic E-state index is 12.7. The molecule has 3 amide bonds. The Bertz CT molecular complexity index is 804. The van der Waals surface area contributed by atoms with Crippen LogP contribution in [0.1, 0.15) is 29.5 Å². The number of nitrogens with one attached hydrogen (secondary N) is 2. The lowest BCUT2D eigenvalue weighted by atomic mass is 9.97. The summed E-state index contributed by atoms with van der Waals surface area (Å²) in [7, 11) is 0. The molecule has 5 heteroatoms. The zero-order chi connectivity index (χ0) is 19.2. The second kappa shape index (κ2) is 8.71. The Morgan fingerprint density at radius 3 is 2.63 bits per heavy atom. The number of carbonyl (C=O) groups is 2. The van der Waals surface area contributed by atoms with Gasteiger partial charge in [0.15, 0.2) is 0 Å². The van der Waals surface area contributed by atoms with Gasteiger partial charge in [-0.05, 0) is 43.9 Å². The Balaban J connectivity index is 1.55. The summed E-state index contributed by atoms with van der Waals surface area (Å²) in [5.74, 6) is -0.190. The molecule has 142 valence electrons. The van der Waals surface area contributed by atoms with Crippen LogP contribution in [0.25, 0.3) is 0 Å². The smallest absolute Gasteiger partial charge is 0.317 e. The highest BCUT2D eigenvalue weighted by Crippen LogP contribution is 2.21. The number of amides is 3. The quantitative estimate of drug-likeness (QED) is 0.864. The number of aryl methyl sites for hydroxylation is 2. The summed E-state index contributed by atoms with van der Waals surface area (Å²) in [6.45, 7) is 5.67. The molecule has 1 saturated heterocycles. The average Bonchev–Trinajstić information content (AvgIpc) is 2.69. The SMILES string of the molecule is Cc1ccc(NC(=O)C2CCCN(C(=O)NCc3ccccc3)C2)c(C)c1. The second-order valence-electron chi connectivity index (χ2n) is 7.24. The Hall–Kier alpha value is -2.82. The van der Waals surface area contributed by atoms with E-state index in [1.54, 1.807) is 4.90 Å². The summed E-state index contributed by atoms with van der Waals surface area (Å²) in [6, 6.07) is 15.7. The number of nitrogens with zero attached hydrogens (tertiary/aromatic N) is 1. The fourth-order valence-electron chi connectivity index (χ4n) is 3.45. The van der Waals surface area contributed by atoms with Gasteiger partial charge in [0.2, 0.25) is 5.91 Å². The summed E-state index contributed by atoms with van der Waals surface area (Å²) in [6.07, 6.45) is 1.64. The molecule has 2 N–H and O–H groups in total. The number of urea groups is 1. The van der Waals surface area contributed by atoms with Crippen molar-refractivity contribution in [3.8, 4) is 0 Å². The van der Waals surface area contributed by atoms with E-state index in [1.807, 2.05) is 56.3 Å². The molecule has 0 aliphatic carbocycles. The van der Waals surface area contributed by atoms with E-state index in [1.165, 1.54) is 5.56 Å². The average molecular weight is 365 g/mol. The Morgan fingerprint density at radius 1 is 1.11 bits per heavy atom. The zero-order valence-corrected chi connectivity index (χ0v) is 16.0. The number of piperidine rings is 1. The molecule has 1 unspecified atom stereocenters. The van der Waals surface area contributed by atoms with Crippen molar-refractivity contribution < 1.29 is 9.59 Å². The predicted octanol–water partition coefficient (Wildman–Crippen LogP) is 3.86. The maximum atomic E-state index is 12.7. The van der Waals surface area contributed by atoms with Crippen molar-refractivity contribution in [1.82, 2.24) is 10.2 Å². The number of hydrogen-bond acceptors (Lipinski definition) is 2. The zero-order valence-electron chi connectivity index (χ0n) is 16.0. The molecular weight excluding hydrogens is 338 g/mol. The van der Waals surface area contributed by atoms with Gasteiger partial charge in [-0.25, -0.2) is 4.79 Å². The van der Waals surface area contributed by atoms with E-state index in [-0.39, 0.29) is 17.9 Å². The van der Waals surface area contributed by atoms with Gasteiger partial charge in [0.1, 0.15) is 0 Å². The lowest BCUT2D eigenvalue weighted by Crippen LogP contribution is -2.47. The van der Waals surface area contributed by atoms with Crippen LogP contribution in [0.5, 0.6) is 0 Å². The van der Waals surface area contributed by atoms with Crippen molar-refractivity contribution in [2.75, 3.05) is 18.4 Å². The molecule has 0 radical (unpaired) electrons. The molecule has 1 heterocycles. The first-order valence-corrected chi connectivity index (χ1v) is 9.48. The van der Waals surface area contributed by atoms with Crippen LogP contribution in [0.3, 0.4) is 0 Å². The molecule has 1 fully saturated rings. The van der Waals surface area contributed by atoms with Gasteiger partial charge in [-0.2, -0.15) is 0 Å². The third kappa shape index (κ3) is 5.09. The van der Waals surface area contributed by atoms with Crippen LogP contribution in [0.4, 0.5) is 10.5 Å². The standard InChI is InChI=1S/C22H27N3O2/c1-16-10-11-20(17(2)13-16)24-21(26)19-9-6-12-25(15-19)22(27)23-14-18-7-4-3-5-8-18/h3-5,7-8,10-11,13,19H,6,9,12,14-15H2,1-2H3,(H,23,27)(H,24,26). The van der Waals surface area contributed by atoms with E-state index in [9.17, 15) is 9.59 Å². The van der Waals surface area contributed by atoms with Gasteiger partial charge in [-0.15, -0.1) is 0 Å². The molecule has 1 atom stereocenters. The first-order valence-electron chi connectivity index (χ1n) is 9.48. The molecule has 0 spiro atoms. The largest absolute Gasteiger partial charge is 0.334 e. The van der Waals surface area contributed by atoms with Crippen LogP contribution in [0.2, 0.25) is 0 Å². The highest BCUT2D eigenvalue weighted by Gasteiger charge is 2.28. The van der Waals surface area contributed by atoms with Gasteiger partial charge in [0.25, 0.3) is 0 Å². The molecule has 0 bridgehead atoms. The number of carbonyl (C=O) groups excluding carboxylic acids is 2. The Morgan fingerprint density at radius 2 is 1.89 bits per heavy atom. The van der Waals surface area contributed by atoms with Crippen molar-refractivity contribution in [2.24, 2.45) is 5.92 Å². The predicted molar refractivity (Wildman–Crippen MR) is 108 cm³/mol. The first kappa shape index (κ1) is 19.0. The van der Waals surface area contributed by atoms with E-state index >= 15 is 0 Å². The molecule has 2 aromatic rings. The summed E-state index contributed by atoms with van der Waals surface area (Å²) in [4.78, 5) is 26.9. The molecule has 0 aromatic heterocycles. The van der Waals surface area contributed by atoms with E-state index in [0.717, 1.165) is 29.7 Å². The van der Waals surface area contributed by atoms with Crippen LogP contribution in [-0.4, -0.2) is 29.9 Å². The third-order valence-electron chi connectivity index (χ3n) is 5.01. The normalized spacial score (nSPS) is 16.7. The van der Waals surface area contributed by atoms with Gasteiger partial charge in [-0.3, -0.25) is 4.79 Å². The molecule has 1 aliphatic rings. The summed E-state index contributed by atoms with van der Waals surface area (Å²) >= 11 is 0. The van der Waals surface area contributed by atoms with Crippen molar-refractivity contribution in [2.45, 2.75) is 33.2 Å². The summed E-state index contributed by atoms with van der Waals surface area (Å²) in [5, 5.41) is 5.98. The second-order valence-corrected chi connectivity index (χ2v) is 7.24. The highest BCUT2D eigenvalue weighted by molar-refractivity contribution is 5.93. The minimum atomic E-state index is -0.179. The fourth-order valence-corrected chi connectivity index (χ4v) is 3.45. The van der Waals surface area contributed by atoms with Crippen molar-refractivity contribution >= 4 is 17.6 Å². The van der Waals surface area contributed by atoms with Crippen LogP contribution < -0.4 is 10.6 Å². The van der Waals surface area contributed by atoms with Crippen LogP contribution in [0.15, 0.2) is 48.5 Å². The fraction of sp³-hybridized carbons (Fsp3) is 0.364. The number of hydrogen-bond donors (Lipinski definition) is 2. The Kier molecular flexibility index (Phi) is 6.12. The molecular formula is C22H27N3O2. The van der Waals surface area contributed by atoms with Crippen LogP contribution in [0, 0.1) is 19.8 Å². The molecule has 1 aliphatic heterocycles. The molecule has 2 aromatic carbocycles. The third-order valence-corrected chi connectivity index (χ3v) is 5.01. The minimum absolute atomic E-state index is 0.0116. The molecule has 5 nitrogen and oxygen atoms in total. The lowest BCUT2D eigenvalue weighted by molar-refractivity contribution is -0.121. The van der Waals surface area contributed by atoms with Gasteiger partial charge in [-0.1, -0.05) is 48.0 Å². The minimum Gasteiger partial charge on any atom is -0.334 e. The monoisotopic (exact) mass is 365 g/mol. The molecule has 27 heavy (non-hydrogen) atoms. The van der Waals surface area contributed by atoms with Gasteiger partial charge in [0, 0.05) is 25.3 Å². The van der Waals surface area contributed by atoms with Crippen molar-refractivity contribution in [1.29, 1.82) is 0 Å². The van der Waals surface area contributed by atoms with Crippen molar-refractivity contribution in [3.05, 3.63) is 65.2 Å². The lowest BCUT2D eigenvalue weighted by Gasteiger charge is -2.32. The van der Waals surface area contributed by atoms with Crippen molar-refractivity contribution in [3.63, 3.8) is 0 Å². The van der Waals surface area contributed by atoms with Crippen LogP contribution in [-0.2, 0) is 11.3 Å². The molecule has 3 rings (SSSR count). The van der Waals surface area contributed by atoms with E-state index in [4.69, 9.17) is 0 Å². The number of anilines is 1. The summed E-state index contributed by atoms with van der Waals surface area (Å²) < 4.78 is 0. The number of benzene rings is 2. The van der Waals surface area contributed by atoms with Gasteiger partial charge < -0.3 is 15.5 Å².